The first kappa shape index (κ1) is 24.7. The molecule has 8 nitrogen and oxygen atoms in total. The fourth-order valence-corrected chi connectivity index (χ4v) is 5.58. The number of ether oxygens (including phenoxy) is 1. The predicted octanol–water partition coefficient (Wildman–Crippen LogP) is 2.47. The summed E-state index contributed by atoms with van der Waals surface area (Å²) in [6, 6.07) is 13.3. The number of nitriles is 1. The van der Waals surface area contributed by atoms with Gasteiger partial charge in [-0.2, -0.15) is 9.57 Å². The highest BCUT2D eigenvalue weighted by molar-refractivity contribution is 7.89. The van der Waals surface area contributed by atoms with Gasteiger partial charge in [0.15, 0.2) is 0 Å². The van der Waals surface area contributed by atoms with Gasteiger partial charge in [-0.3, -0.25) is 4.79 Å². The van der Waals surface area contributed by atoms with Crippen molar-refractivity contribution in [1.29, 1.82) is 5.26 Å². The Morgan fingerprint density at radius 3 is 2.48 bits per heavy atom. The lowest BCUT2D eigenvalue weighted by Crippen LogP contribution is -2.50. The molecule has 0 fully saturated rings. The Balaban J connectivity index is 2.13. The maximum atomic E-state index is 13.5. The summed E-state index contributed by atoms with van der Waals surface area (Å²) in [5.74, 6) is -0.171. The normalized spacial score (nSPS) is 21.0. The molecule has 0 radical (unpaired) electrons. The maximum absolute atomic E-state index is 13.5. The van der Waals surface area contributed by atoms with Crippen LogP contribution in [0.4, 0.5) is 0 Å². The highest BCUT2D eigenvalue weighted by Gasteiger charge is 2.38. The quantitative estimate of drug-likeness (QED) is 0.717. The summed E-state index contributed by atoms with van der Waals surface area (Å²) in [5, 5.41) is 18.8. The van der Waals surface area contributed by atoms with E-state index in [9.17, 15) is 18.3 Å². The molecule has 176 valence electrons. The van der Waals surface area contributed by atoms with E-state index in [0.717, 1.165) is 11.1 Å². The monoisotopic (exact) mass is 471 g/mol. The molecule has 0 saturated carbocycles. The van der Waals surface area contributed by atoms with Crippen LogP contribution in [0.3, 0.4) is 0 Å². The van der Waals surface area contributed by atoms with E-state index < -0.39 is 22.2 Å². The zero-order valence-corrected chi connectivity index (χ0v) is 20.0. The standard InChI is InChI=1S/C24H29N3O5S/c1-16-13-27(17(2)15-28)33(30,31)24-10-9-21(20-7-5-19(12-25)6-8-20)11-22(24)32-23(16)14-26(4)18(3)29/h5-11,16-17,23,28H,13-15H2,1-4H3/t16-,17+,23+/m1/s1. The van der Waals surface area contributed by atoms with Crippen molar-refractivity contribution >= 4 is 15.9 Å². The number of fused-ring (bicyclic) bond motifs is 1. The molecule has 0 bridgehead atoms. The Hall–Kier alpha value is -2.93. The minimum atomic E-state index is -3.94. The molecule has 0 aliphatic carbocycles. The van der Waals surface area contributed by atoms with E-state index in [0.29, 0.717) is 12.1 Å². The Morgan fingerprint density at radius 1 is 1.27 bits per heavy atom. The van der Waals surface area contributed by atoms with Gasteiger partial charge >= 0.3 is 0 Å². The van der Waals surface area contributed by atoms with Crippen molar-refractivity contribution in [2.75, 3.05) is 26.7 Å². The molecular weight excluding hydrogens is 442 g/mol. The van der Waals surface area contributed by atoms with Gasteiger partial charge in [0.25, 0.3) is 0 Å². The zero-order valence-electron chi connectivity index (χ0n) is 19.2. The average Bonchev–Trinajstić information content (AvgIpc) is 2.80. The van der Waals surface area contributed by atoms with Gasteiger partial charge in [0.05, 0.1) is 24.8 Å². The number of likely N-dealkylation sites (N-methyl/N-ethyl adjacent to an activating group) is 1. The van der Waals surface area contributed by atoms with Crippen LogP contribution in [0.25, 0.3) is 11.1 Å². The van der Waals surface area contributed by atoms with E-state index in [4.69, 9.17) is 10.00 Å². The van der Waals surface area contributed by atoms with Crippen LogP contribution in [-0.4, -0.2) is 67.5 Å². The van der Waals surface area contributed by atoms with Crippen molar-refractivity contribution in [3.63, 3.8) is 0 Å². The number of hydrogen-bond acceptors (Lipinski definition) is 6. The predicted molar refractivity (Wildman–Crippen MR) is 124 cm³/mol. The second kappa shape index (κ2) is 9.91. The Kier molecular flexibility index (Phi) is 7.42. The molecule has 33 heavy (non-hydrogen) atoms. The minimum Gasteiger partial charge on any atom is -0.487 e. The molecule has 1 N–H and O–H groups in total. The van der Waals surface area contributed by atoms with E-state index in [1.807, 2.05) is 6.92 Å². The average molecular weight is 472 g/mol. The molecule has 1 aliphatic rings. The summed E-state index contributed by atoms with van der Waals surface area (Å²) in [7, 11) is -2.26. The third-order valence-electron chi connectivity index (χ3n) is 6.01. The lowest BCUT2D eigenvalue weighted by atomic mass is 10.0. The Labute approximate surface area is 195 Å². The topological polar surface area (TPSA) is 111 Å². The third-order valence-corrected chi connectivity index (χ3v) is 8.03. The molecule has 0 spiro atoms. The molecule has 9 heteroatoms. The van der Waals surface area contributed by atoms with Crippen LogP contribution in [0.5, 0.6) is 5.75 Å². The number of sulfonamides is 1. The summed E-state index contributed by atoms with van der Waals surface area (Å²) in [6.07, 6.45) is -0.460. The highest BCUT2D eigenvalue weighted by atomic mass is 32.2. The van der Waals surface area contributed by atoms with Crippen LogP contribution in [0.2, 0.25) is 0 Å². The first-order valence-corrected chi connectivity index (χ1v) is 12.2. The van der Waals surface area contributed by atoms with Gasteiger partial charge in [-0.15, -0.1) is 0 Å². The van der Waals surface area contributed by atoms with Crippen molar-refractivity contribution in [3.8, 4) is 22.9 Å². The van der Waals surface area contributed by atoms with Gasteiger partial charge in [-0.05, 0) is 42.3 Å². The summed E-state index contributed by atoms with van der Waals surface area (Å²) < 4.78 is 34.6. The number of carbonyl (C=O) groups is 1. The van der Waals surface area contributed by atoms with E-state index in [-0.39, 0.29) is 35.6 Å². The van der Waals surface area contributed by atoms with Crippen LogP contribution in [0, 0.1) is 17.2 Å². The number of carbonyl (C=O) groups excluding carboxylic acids is 1. The molecule has 2 aromatic rings. The molecule has 0 unspecified atom stereocenters. The van der Waals surface area contributed by atoms with E-state index in [1.54, 1.807) is 55.3 Å². The van der Waals surface area contributed by atoms with Crippen molar-refractivity contribution < 1.29 is 23.1 Å². The lowest BCUT2D eigenvalue weighted by molar-refractivity contribution is -0.129. The smallest absolute Gasteiger partial charge is 0.247 e. The van der Waals surface area contributed by atoms with Crippen LogP contribution >= 0.6 is 0 Å². The number of hydrogen-bond donors (Lipinski definition) is 1. The lowest BCUT2D eigenvalue weighted by Gasteiger charge is -2.37. The number of rotatable bonds is 5. The van der Waals surface area contributed by atoms with Crippen molar-refractivity contribution in [2.45, 2.75) is 37.8 Å². The largest absolute Gasteiger partial charge is 0.487 e. The van der Waals surface area contributed by atoms with Crippen LogP contribution < -0.4 is 4.74 Å². The highest BCUT2D eigenvalue weighted by Crippen LogP contribution is 2.36. The fourth-order valence-electron chi connectivity index (χ4n) is 3.76. The van der Waals surface area contributed by atoms with Gasteiger partial charge < -0.3 is 14.7 Å². The number of aliphatic hydroxyl groups is 1. The summed E-state index contributed by atoms with van der Waals surface area (Å²) in [4.78, 5) is 13.4. The molecular formula is C24H29N3O5S. The number of amides is 1. The SMILES string of the molecule is CC(=O)N(C)C[C@@H]1Oc2cc(-c3ccc(C#N)cc3)ccc2S(=O)(=O)N([C@@H](C)CO)C[C@H]1C. The van der Waals surface area contributed by atoms with Gasteiger partial charge in [0.1, 0.15) is 16.7 Å². The molecule has 3 rings (SSSR count). The molecule has 1 heterocycles. The van der Waals surface area contributed by atoms with Crippen molar-refractivity contribution in [3.05, 3.63) is 48.0 Å². The first-order chi connectivity index (χ1) is 15.6. The molecule has 3 atom stereocenters. The number of aliphatic hydroxyl groups excluding tert-OH is 1. The second-order valence-electron chi connectivity index (χ2n) is 8.49. The fraction of sp³-hybridized carbons (Fsp3) is 0.417. The van der Waals surface area contributed by atoms with Gasteiger partial charge in [0, 0.05) is 32.5 Å². The van der Waals surface area contributed by atoms with E-state index in [1.165, 1.54) is 17.3 Å². The van der Waals surface area contributed by atoms with Crippen molar-refractivity contribution in [2.24, 2.45) is 5.92 Å². The van der Waals surface area contributed by atoms with Gasteiger partial charge in [0.2, 0.25) is 15.9 Å². The summed E-state index contributed by atoms with van der Waals surface area (Å²) >= 11 is 0. The second-order valence-corrected chi connectivity index (χ2v) is 10.3. The van der Waals surface area contributed by atoms with E-state index in [2.05, 4.69) is 6.07 Å². The first-order valence-electron chi connectivity index (χ1n) is 10.7. The van der Waals surface area contributed by atoms with Gasteiger partial charge in [-0.1, -0.05) is 25.1 Å². The molecule has 2 aromatic carbocycles. The number of nitrogens with zero attached hydrogens (tertiary/aromatic N) is 3. The number of benzene rings is 2. The van der Waals surface area contributed by atoms with Crippen LogP contribution in [0.1, 0.15) is 26.3 Å². The van der Waals surface area contributed by atoms with Crippen LogP contribution in [0.15, 0.2) is 47.4 Å². The Bertz CT molecular complexity index is 1160. The molecule has 0 saturated heterocycles. The van der Waals surface area contributed by atoms with Crippen molar-refractivity contribution in [1.82, 2.24) is 9.21 Å². The summed E-state index contributed by atoms with van der Waals surface area (Å²) in [5.41, 5.74) is 2.08. The van der Waals surface area contributed by atoms with E-state index >= 15 is 0 Å². The van der Waals surface area contributed by atoms with Gasteiger partial charge in [-0.25, -0.2) is 8.42 Å². The maximum Gasteiger partial charge on any atom is 0.247 e. The summed E-state index contributed by atoms with van der Waals surface area (Å²) in [6.45, 7) is 5.13. The molecule has 1 amide bonds. The Morgan fingerprint density at radius 2 is 1.91 bits per heavy atom. The molecule has 1 aliphatic heterocycles. The molecule has 0 aromatic heterocycles. The zero-order chi connectivity index (χ0) is 24.3. The van der Waals surface area contributed by atoms with Crippen LogP contribution in [-0.2, 0) is 14.8 Å². The third kappa shape index (κ3) is 5.19. The minimum absolute atomic E-state index is 0.0163.